The quantitative estimate of drug-likeness (QED) is 0.277. The van der Waals surface area contributed by atoms with E-state index < -0.39 is 0 Å². The number of benzene rings is 2. The predicted octanol–water partition coefficient (Wildman–Crippen LogP) is 13.4. The molecule has 3 aliphatic heterocycles. The zero-order valence-corrected chi connectivity index (χ0v) is 39.8. The summed E-state index contributed by atoms with van der Waals surface area (Å²) in [4.78, 5) is 8.52. The zero-order chi connectivity index (χ0) is 38.6. The van der Waals surface area contributed by atoms with E-state index in [-0.39, 0.29) is 11.1 Å². The topological polar surface area (TPSA) is 9.72 Å². The molecule has 0 bridgehead atoms. The fraction of sp³-hybridized carbons (Fsp3) is 0.733. The Kier molecular flexibility index (Phi) is 16.5. The van der Waals surface area contributed by atoms with Crippen molar-refractivity contribution < 1.29 is 0 Å². The fourth-order valence-corrected chi connectivity index (χ4v) is 10.9. The summed E-state index contributed by atoms with van der Waals surface area (Å²) in [5.41, 5.74) is 3.98. The minimum Gasteiger partial charge on any atom is -0.298 e. The molecule has 3 nitrogen and oxygen atoms in total. The maximum Gasteiger partial charge on any atom is 0.0178 e. The smallest absolute Gasteiger partial charge is 0.0178 e. The number of hydrogen-bond acceptors (Lipinski definition) is 3. The summed E-state index contributed by atoms with van der Waals surface area (Å²) in [6.07, 6.45) is 7.62. The number of rotatable bonds is 5. The molecule has 0 amide bonds. The molecule has 290 valence electrons. The highest BCUT2D eigenvalue weighted by molar-refractivity contribution is 9.11. The standard InChI is InChI=1S/C28H48N2.C11H22BrN.C6H4Br2/c1-19(2)25-15-23(17-27(5,6)29(25)9)21-11-13-22(14-12-21)24-16-26(20(3)4)30(10)28(7,8)18-24;1-8(2)10-6-9(12)7-11(3,4)13(10)5;7-5-1-2-6(8)4-3-5/h11-14,19-20,23-26H,15-18H2,1-10H3;8-10H,6-7H2,1-5H3;1-4H. The summed E-state index contributed by atoms with van der Waals surface area (Å²) in [6.45, 7) is 28.6. The van der Waals surface area contributed by atoms with Gasteiger partial charge in [0.25, 0.3) is 0 Å². The van der Waals surface area contributed by atoms with Crippen molar-refractivity contribution in [1.82, 2.24) is 14.7 Å². The third-order valence-corrected chi connectivity index (χ3v) is 14.9. The molecule has 0 saturated carbocycles. The van der Waals surface area contributed by atoms with Crippen LogP contribution in [0, 0.1) is 17.8 Å². The molecule has 3 aliphatic rings. The van der Waals surface area contributed by atoms with Gasteiger partial charge in [-0.15, -0.1) is 0 Å². The maximum absolute atomic E-state index is 3.77. The Bertz CT molecular complexity index is 1250. The Balaban J connectivity index is 0.000000272. The molecule has 3 heterocycles. The third kappa shape index (κ3) is 12.1. The molecule has 5 rings (SSSR count). The SMILES string of the molecule is Brc1ccc(Br)cc1.CC(C)C1CC(Br)CC(C)(C)N1C.CC(C)C1CC(c2ccc(C3CC(C(C)C)N(C)C(C)(C)C3)cc2)CC(C)(C)N1C. The van der Waals surface area contributed by atoms with E-state index in [1.54, 1.807) is 11.1 Å². The van der Waals surface area contributed by atoms with Crippen LogP contribution in [0.3, 0.4) is 0 Å². The van der Waals surface area contributed by atoms with Crippen molar-refractivity contribution in [2.45, 2.75) is 173 Å². The molecule has 3 fully saturated rings. The van der Waals surface area contributed by atoms with Crippen molar-refractivity contribution >= 4 is 47.8 Å². The normalized spacial score (nSPS) is 29.7. The van der Waals surface area contributed by atoms with Gasteiger partial charge in [-0.05, 0) is 166 Å². The summed E-state index contributed by atoms with van der Waals surface area (Å²) in [6, 6.07) is 19.9. The van der Waals surface area contributed by atoms with Gasteiger partial charge < -0.3 is 0 Å². The highest BCUT2D eigenvalue weighted by Gasteiger charge is 2.42. The molecule has 2 aromatic rings. The molecule has 0 radical (unpaired) electrons. The van der Waals surface area contributed by atoms with Crippen LogP contribution < -0.4 is 0 Å². The van der Waals surface area contributed by atoms with Crippen molar-refractivity contribution in [2.24, 2.45) is 17.8 Å². The summed E-state index contributed by atoms with van der Waals surface area (Å²) in [5, 5.41) is 0. The molecule has 6 unspecified atom stereocenters. The summed E-state index contributed by atoms with van der Waals surface area (Å²) < 4.78 is 2.22. The lowest BCUT2D eigenvalue weighted by molar-refractivity contribution is 0.0162. The van der Waals surface area contributed by atoms with E-state index in [9.17, 15) is 0 Å². The van der Waals surface area contributed by atoms with Crippen molar-refractivity contribution in [3.05, 3.63) is 68.6 Å². The lowest BCUT2D eigenvalue weighted by Crippen LogP contribution is -2.55. The van der Waals surface area contributed by atoms with E-state index in [0.29, 0.717) is 46.1 Å². The molecular weight excluding hydrogens is 822 g/mol. The van der Waals surface area contributed by atoms with Gasteiger partial charge in [0.1, 0.15) is 0 Å². The molecule has 0 aromatic heterocycles. The van der Waals surface area contributed by atoms with E-state index in [2.05, 4.69) is 191 Å². The van der Waals surface area contributed by atoms with Crippen LogP contribution >= 0.6 is 47.8 Å². The van der Waals surface area contributed by atoms with Gasteiger partial charge in [-0.25, -0.2) is 0 Å². The van der Waals surface area contributed by atoms with Gasteiger partial charge in [0.2, 0.25) is 0 Å². The van der Waals surface area contributed by atoms with Crippen LogP contribution in [0.1, 0.15) is 145 Å². The molecule has 51 heavy (non-hydrogen) atoms. The van der Waals surface area contributed by atoms with E-state index in [0.717, 1.165) is 20.9 Å². The van der Waals surface area contributed by atoms with Gasteiger partial charge in [0.15, 0.2) is 0 Å². The van der Waals surface area contributed by atoms with Crippen LogP contribution in [0.25, 0.3) is 0 Å². The summed E-state index contributed by atoms with van der Waals surface area (Å²) in [5.74, 6) is 3.51. The number of alkyl halides is 1. The molecular formula is C45H74Br3N3. The van der Waals surface area contributed by atoms with Crippen LogP contribution in [0.15, 0.2) is 57.5 Å². The summed E-state index contributed by atoms with van der Waals surface area (Å²) >= 11 is 10.4. The molecule has 6 heteroatoms. The first-order valence-corrected chi connectivity index (χ1v) is 22.3. The predicted molar refractivity (Wildman–Crippen MR) is 236 cm³/mol. The molecule has 0 N–H and O–H groups in total. The van der Waals surface area contributed by atoms with E-state index in [4.69, 9.17) is 0 Å². The Hall–Kier alpha value is -0.240. The van der Waals surface area contributed by atoms with Gasteiger partial charge >= 0.3 is 0 Å². The first-order valence-electron chi connectivity index (χ1n) is 19.8. The molecule has 0 spiro atoms. The van der Waals surface area contributed by atoms with Gasteiger partial charge in [-0.3, -0.25) is 14.7 Å². The lowest BCUT2D eigenvalue weighted by atomic mass is 9.72. The molecule has 0 aliphatic carbocycles. The highest BCUT2D eigenvalue weighted by atomic mass is 79.9. The Morgan fingerprint density at radius 1 is 0.490 bits per heavy atom. The second kappa shape index (κ2) is 18.6. The van der Waals surface area contributed by atoms with E-state index in [1.165, 1.54) is 38.5 Å². The van der Waals surface area contributed by atoms with E-state index in [1.807, 2.05) is 24.3 Å². The van der Waals surface area contributed by atoms with Crippen LogP contribution in [0.4, 0.5) is 0 Å². The van der Waals surface area contributed by atoms with Crippen molar-refractivity contribution in [3.8, 4) is 0 Å². The lowest BCUT2D eigenvalue weighted by Gasteiger charge is -2.51. The van der Waals surface area contributed by atoms with Crippen molar-refractivity contribution in [1.29, 1.82) is 0 Å². The Labute approximate surface area is 340 Å². The second-order valence-corrected chi connectivity index (χ2v) is 22.2. The van der Waals surface area contributed by atoms with Gasteiger partial charge in [-0.1, -0.05) is 114 Å². The van der Waals surface area contributed by atoms with Crippen LogP contribution in [0.5, 0.6) is 0 Å². The maximum atomic E-state index is 3.77. The largest absolute Gasteiger partial charge is 0.298 e. The molecule has 6 atom stereocenters. The van der Waals surface area contributed by atoms with Crippen molar-refractivity contribution in [3.63, 3.8) is 0 Å². The van der Waals surface area contributed by atoms with Gasteiger partial charge in [0, 0.05) is 48.5 Å². The van der Waals surface area contributed by atoms with Crippen LogP contribution in [-0.4, -0.2) is 75.4 Å². The molecule has 2 aromatic carbocycles. The summed E-state index contributed by atoms with van der Waals surface area (Å²) in [7, 11) is 6.93. The number of hydrogen-bond donors (Lipinski definition) is 0. The minimum absolute atomic E-state index is 0.263. The van der Waals surface area contributed by atoms with Gasteiger partial charge in [-0.2, -0.15) is 0 Å². The fourth-order valence-electron chi connectivity index (χ4n) is 9.23. The van der Waals surface area contributed by atoms with E-state index >= 15 is 0 Å². The Morgan fingerprint density at radius 3 is 1.06 bits per heavy atom. The average molecular weight is 897 g/mol. The zero-order valence-electron chi connectivity index (χ0n) is 35.0. The molecule has 3 saturated heterocycles. The average Bonchev–Trinajstić information content (AvgIpc) is 3.03. The highest BCUT2D eigenvalue weighted by Crippen LogP contribution is 2.45. The van der Waals surface area contributed by atoms with Crippen LogP contribution in [-0.2, 0) is 0 Å². The number of piperidine rings is 3. The second-order valence-electron chi connectivity index (χ2n) is 19.1. The number of likely N-dealkylation sites (tertiary alicyclic amines) is 3. The first-order chi connectivity index (χ1) is 23.5. The van der Waals surface area contributed by atoms with Crippen molar-refractivity contribution in [2.75, 3.05) is 21.1 Å². The first kappa shape index (κ1) is 45.2. The monoisotopic (exact) mass is 893 g/mol. The number of halogens is 3. The van der Waals surface area contributed by atoms with Gasteiger partial charge in [0.05, 0.1) is 0 Å². The number of nitrogens with zero attached hydrogens (tertiary/aromatic N) is 3. The minimum atomic E-state index is 0.263. The van der Waals surface area contributed by atoms with Crippen LogP contribution in [0.2, 0.25) is 0 Å². The Morgan fingerprint density at radius 2 is 0.765 bits per heavy atom. The third-order valence-electron chi connectivity index (χ3n) is 13.1.